The predicted molar refractivity (Wildman–Crippen MR) is 58.2 cm³/mol. The van der Waals surface area contributed by atoms with E-state index in [0.29, 0.717) is 0 Å². The van der Waals surface area contributed by atoms with Crippen LogP contribution in [0.25, 0.3) is 0 Å². The highest BCUT2D eigenvalue weighted by Crippen LogP contribution is 2.30. The second-order valence-electron chi connectivity index (χ2n) is 2.79. The Balaban J connectivity index is 2.64. The second-order valence-corrected chi connectivity index (χ2v) is 4.17. The van der Waals surface area contributed by atoms with Gasteiger partial charge in [0.2, 0.25) is 0 Å². The maximum atomic E-state index is 3.49. The third kappa shape index (κ3) is 1.12. The molecule has 0 spiro atoms. The van der Waals surface area contributed by atoms with Gasteiger partial charge in [-0.25, -0.2) is 0 Å². The van der Waals surface area contributed by atoms with Crippen LogP contribution in [0.4, 0.5) is 11.4 Å². The second kappa shape index (κ2) is 3.05. The molecule has 1 aromatic carbocycles. The highest BCUT2D eigenvalue weighted by atomic mass is 31.7. The Morgan fingerprint density at radius 1 is 1.33 bits per heavy atom. The van der Waals surface area contributed by atoms with E-state index in [2.05, 4.69) is 38.2 Å². The number of benzene rings is 1. The lowest BCUT2D eigenvalue weighted by Gasteiger charge is -2.05. The van der Waals surface area contributed by atoms with Gasteiger partial charge in [0.25, 0.3) is 0 Å². The van der Waals surface area contributed by atoms with Crippen LogP contribution >= 0.6 is 16.4 Å². The SMILES string of the molecule is Cc1ccc(P=P)c2c1NCN2. The Morgan fingerprint density at radius 3 is 2.83 bits per heavy atom. The van der Waals surface area contributed by atoms with Gasteiger partial charge in [-0.1, -0.05) is 14.6 Å². The van der Waals surface area contributed by atoms with Gasteiger partial charge in [0.15, 0.2) is 0 Å². The van der Waals surface area contributed by atoms with Crippen molar-refractivity contribution in [3.8, 4) is 0 Å². The van der Waals surface area contributed by atoms with Crippen LogP contribution in [0.15, 0.2) is 12.1 Å². The van der Waals surface area contributed by atoms with Crippen LogP contribution in [0.1, 0.15) is 5.56 Å². The molecule has 2 N–H and O–H groups in total. The summed E-state index contributed by atoms with van der Waals surface area (Å²) in [6.45, 7) is 2.96. The summed E-state index contributed by atoms with van der Waals surface area (Å²) in [6.07, 6.45) is 0. The zero-order valence-electron chi connectivity index (χ0n) is 6.81. The molecule has 4 heteroatoms. The summed E-state index contributed by atoms with van der Waals surface area (Å²) < 4.78 is 0. The van der Waals surface area contributed by atoms with Crippen molar-refractivity contribution in [3.63, 3.8) is 0 Å². The molecule has 0 atom stereocenters. The van der Waals surface area contributed by atoms with Crippen molar-refractivity contribution < 1.29 is 0 Å². The van der Waals surface area contributed by atoms with Crippen LogP contribution in [0, 0.1) is 6.92 Å². The van der Waals surface area contributed by atoms with Crippen molar-refractivity contribution in [3.05, 3.63) is 17.7 Å². The number of aryl methyl sites for hydroxylation is 1. The molecule has 1 aromatic rings. The van der Waals surface area contributed by atoms with Crippen LogP contribution in [-0.4, -0.2) is 6.67 Å². The first-order valence-electron chi connectivity index (χ1n) is 3.82. The van der Waals surface area contributed by atoms with Gasteiger partial charge < -0.3 is 10.6 Å². The smallest absolute Gasteiger partial charge is 0.0851 e. The molecule has 0 saturated carbocycles. The van der Waals surface area contributed by atoms with Gasteiger partial charge in [0.05, 0.1) is 18.0 Å². The van der Waals surface area contributed by atoms with Gasteiger partial charge in [0.1, 0.15) is 0 Å². The summed E-state index contributed by atoms with van der Waals surface area (Å²) in [5, 5.41) is 7.91. The molecule has 0 amide bonds. The molecule has 62 valence electrons. The molecule has 0 unspecified atom stereocenters. The average Bonchev–Trinajstić information content (AvgIpc) is 2.54. The first-order valence-corrected chi connectivity index (χ1v) is 6.05. The van der Waals surface area contributed by atoms with Gasteiger partial charge in [-0.05, 0) is 26.4 Å². The summed E-state index contributed by atoms with van der Waals surface area (Å²) in [5.41, 5.74) is 3.79. The molecular weight excluding hydrogens is 186 g/mol. The molecule has 0 fully saturated rings. The van der Waals surface area contributed by atoms with E-state index in [0.717, 1.165) is 14.5 Å². The van der Waals surface area contributed by atoms with E-state index in [1.807, 2.05) is 0 Å². The summed E-state index contributed by atoms with van der Waals surface area (Å²) in [7, 11) is 4.62. The highest BCUT2D eigenvalue weighted by Gasteiger charge is 2.13. The van der Waals surface area contributed by atoms with Crippen LogP contribution in [0.5, 0.6) is 0 Å². The number of fused-ring (bicyclic) bond motifs is 1. The first-order chi connectivity index (χ1) is 5.83. The fraction of sp³-hybridized carbons (Fsp3) is 0.250. The quantitative estimate of drug-likeness (QED) is 0.674. The molecule has 0 saturated heterocycles. The van der Waals surface area contributed by atoms with E-state index in [1.54, 1.807) is 0 Å². The normalized spacial score (nSPS) is 13.8. The van der Waals surface area contributed by atoms with Gasteiger partial charge in [-0.3, -0.25) is 0 Å². The van der Waals surface area contributed by atoms with E-state index in [1.165, 1.54) is 22.2 Å². The van der Waals surface area contributed by atoms with Crippen molar-refractivity contribution in [1.29, 1.82) is 0 Å². The fourth-order valence-electron chi connectivity index (χ4n) is 1.42. The van der Waals surface area contributed by atoms with Crippen molar-refractivity contribution in [2.45, 2.75) is 6.92 Å². The number of anilines is 2. The van der Waals surface area contributed by atoms with E-state index >= 15 is 0 Å². The van der Waals surface area contributed by atoms with E-state index < -0.39 is 0 Å². The van der Waals surface area contributed by atoms with Crippen LogP contribution < -0.4 is 15.9 Å². The first kappa shape index (κ1) is 8.04. The zero-order chi connectivity index (χ0) is 8.55. The monoisotopic (exact) mass is 196 g/mol. The zero-order valence-corrected chi connectivity index (χ0v) is 8.70. The van der Waals surface area contributed by atoms with E-state index in [4.69, 9.17) is 0 Å². The minimum absolute atomic E-state index is 0.842. The summed E-state index contributed by atoms with van der Waals surface area (Å²) >= 11 is 0. The Hall–Kier alpha value is -0.580. The molecule has 12 heavy (non-hydrogen) atoms. The molecule has 0 aliphatic carbocycles. The highest BCUT2D eigenvalue weighted by molar-refractivity contribution is 7.79. The molecule has 2 rings (SSSR count). The lowest BCUT2D eigenvalue weighted by molar-refractivity contribution is 1.30. The van der Waals surface area contributed by atoms with Crippen molar-refractivity contribution in [2.75, 3.05) is 17.3 Å². The molecule has 1 heterocycles. The third-order valence-electron chi connectivity index (χ3n) is 2.04. The van der Waals surface area contributed by atoms with Crippen molar-refractivity contribution in [2.24, 2.45) is 0 Å². The van der Waals surface area contributed by atoms with Crippen LogP contribution in [0.3, 0.4) is 0 Å². The Morgan fingerprint density at radius 2 is 2.08 bits per heavy atom. The molecule has 0 bridgehead atoms. The predicted octanol–water partition coefficient (Wildman–Crippen LogP) is 2.42. The molecular formula is C8H10N2P2. The lowest BCUT2D eigenvalue weighted by Crippen LogP contribution is -2.02. The molecule has 2 nitrogen and oxygen atoms in total. The molecule has 1 aliphatic rings. The number of nitrogens with one attached hydrogen (secondary N) is 2. The minimum atomic E-state index is 0.842. The van der Waals surface area contributed by atoms with Gasteiger partial charge >= 0.3 is 0 Å². The van der Waals surface area contributed by atoms with Gasteiger partial charge in [-0.2, -0.15) is 0 Å². The Kier molecular flexibility index (Phi) is 2.04. The maximum Gasteiger partial charge on any atom is 0.0851 e. The van der Waals surface area contributed by atoms with Gasteiger partial charge in [-0.15, -0.1) is 0 Å². The maximum absolute atomic E-state index is 3.49. The summed E-state index contributed by atoms with van der Waals surface area (Å²) in [6, 6.07) is 4.28. The third-order valence-corrected chi connectivity index (χ3v) is 3.38. The summed E-state index contributed by atoms with van der Waals surface area (Å²) in [4.78, 5) is 0. The van der Waals surface area contributed by atoms with E-state index in [9.17, 15) is 0 Å². The Bertz CT molecular complexity index is 336. The standard InChI is InChI=1S/C8H10N2P2/c1-5-2-3-6(12-11)8-7(5)9-4-10-8/h2-3,9-11H,4H2,1H3. The van der Waals surface area contributed by atoms with Gasteiger partial charge in [0, 0.05) is 5.30 Å². The van der Waals surface area contributed by atoms with E-state index in [-0.39, 0.29) is 0 Å². The molecule has 0 aromatic heterocycles. The molecule has 1 aliphatic heterocycles. The summed E-state index contributed by atoms with van der Waals surface area (Å²) in [5.74, 6) is 0. The topological polar surface area (TPSA) is 24.1 Å². The minimum Gasteiger partial charge on any atom is -0.366 e. The van der Waals surface area contributed by atoms with Crippen LogP contribution in [0.2, 0.25) is 0 Å². The van der Waals surface area contributed by atoms with Crippen molar-refractivity contribution in [1.82, 2.24) is 0 Å². The van der Waals surface area contributed by atoms with Crippen molar-refractivity contribution >= 4 is 33.1 Å². The largest absolute Gasteiger partial charge is 0.366 e. The fourth-order valence-corrected chi connectivity index (χ4v) is 2.43. The molecule has 0 radical (unpaired) electrons. The lowest BCUT2D eigenvalue weighted by atomic mass is 10.2. The Labute approximate surface area is 75.6 Å². The number of hydrogen-bond donors (Lipinski definition) is 2. The van der Waals surface area contributed by atoms with Crippen LogP contribution in [-0.2, 0) is 0 Å². The average molecular weight is 196 g/mol. The number of hydrogen-bond acceptors (Lipinski definition) is 2. The number of rotatable bonds is 1.